The van der Waals surface area contributed by atoms with Crippen molar-refractivity contribution in [1.29, 1.82) is 0 Å². The number of likely N-dealkylation sites (N-methyl/N-ethyl adjacent to an activating group) is 1. The van der Waals surface area contributed by atoms with E-state index in [-0.39, 0.29) is 41.7 Å². The van der Waals surface area contributed by atoms with Gasteiger partial charge in [-0.25, -0.2) is 8.42 Å². The second-order valence-electron chi connectivity index (χ2n) is 7.95. The van der Waals surface area contributed by atoms with Gasteiger partial charge in [0.25, 0.3) is 0 Å². The Labute approximate surface area is 191 Å². The number of hydrogen-bond donors (Lipinski definition) is 1. The number of carbonyl (C=O) groups excluding carboxylic acids is 2. The van der Waals surface area contributed by atoms with Gasteiger partial charge < -0.3 is 10.2 Å². The van der Waals surface area contributed by atoms with Crippen LogP contribution < -0.4 is 10.2 Å². The van der Waals surface area contributed by atoms with E-state index in [1.54, 1.807) is 31.2 Å². The average molecular weight is 479 g/mol. The molecule has 2 heterocycles. The third-order valence-corrected chi connectivity index (χ3v) is 7.32. The summed E-state index contributed by atoms with van der Waals surface area (Å²) in [6.07, 6.45) is 0.0770. The molecule has 0 saturated carbocycles. The summed E-state index contributed by atoms with van der Waals surface area (Å²) < 4.78 is 27.9. The third-order valence-electron chi connectivity index (χ3n) is 5.55. The Hall–Kier alpha value is -3.32. The highest BCUT2D eigenvalue weighted by molar-refractivity contribution is 7.89. The zero-order chi connectivity index (χ0) is 24.5. The number of anilines is 2. The van der Waals surface area contributed by atoms with Crippen LogP contribution in [0.2, 0.25) is 0 Å². The third kappa shape index (κ3) is 5.03. The second kappa shape index (κ2) is 9.27. The molecule has 1 aliphatic heterocycles. The van der Waals surface area contributed by atoms with Crippen molar-refractivity contribution in [3.05, 3.63) is 45.8 Å². The molecule has 0 aliphatic carbocycles. The Kier molecular flexibility index (Phi) is 6.84. The number of amides is 2. The first-order valence-electron chi connectivity index (χ1n) is 10.3. The van der Waals surface area contributed by atoms with Crippen LogP contribution in [0.3, 0.4) is 0 Å². The molecule has 1 aromatic carbocycles. The van der Waals surface area contributed by atoms with E-state index in [1.807, 2.05) is 0 Å². The molecule has 1 atom stereocenters. The molecule has 33 heavy (non-hydrogen) atoms. The molecule has 13 heteroatoms. The summed E-state index contributed by atoms with van der Waals surface area (Å²) in [5.41, 5.74) is 1.31. The van der Waals surface area contributed by atoms with E-state index in [9.17, 15) is 28.1 Å². The van der Waals surface area contributed by atoms with Crippen LogP contribution in [0, 0.1) is 24.0 Å². The zero-order valence-corrected chi connectivity index (χ0v) is 19.6. The lowest BCUT2D eigenvalue weighted by atomic mass is 10.1. The average Bonchev–Trinajstić information content (AvgIpc) is 2.93. The number of aromatic nitrogens is 2. The van der Waals surface area contributed by atoms with E-state index in [0.717, 1.165) is 4.31 Å². The van der Waals surface area contributed by atoms with Gasteiger partial charge in [0.1, 0.15) is 11.4 Å². The van der Waals surface area contributed by atoms with Crippen molar-refractivity contribution < 1.29 is 22.9 Å². The summed E-state index contributed by atoms with van der Waals surface area (Å²) in [4.78, 5) is 37.3. The van der Waals surface area contributed by atoms with Crippen molar-refractivity contribution in [3.8, 4) is 0 Å². The molecule has 0 radical (unpaired) electrons. The minimum absolute atomic E-state index is 0.0770. The number of nitrogens with one attached hydrogen (secondary N) is 1. The van der Waals surface area contributed by atoms with E-state index in [4.69, 9.17) is 0 Å². The molecule has 1 aromatic heterocycles. The van der Waals surface area contributed by atoms with E-state index < -0.39 is 33.4 Å². The summed E-state index contributed by atoms with van der Waals surface area (Å²) in [5, 5.41) is 18.0. The molecule has 0 bridgehead atoms. The van der Waals surface area contributed by atoms with Crippen molar-refractivity contribution in [3.63, 3.8) is 0 Å². The summed E-state index contributed by atoms with van der Waals surface area (Å²) in [6.45, 7) is 4.20. The monoisotopic (exact) mass is 478 g/mol. The Morgan fingerprint density at radius 1 is 1.33 bits per heavy atom. The lowest BCUT2D eigenvalue weighted by Crippen LogP contribution is -2.46. The lowest BCUT2D eigenvalue weighted by Gasteiger charge is -2.29. The van der Waals surface area contributed by atoms with Gasteiger partial charge in [0.05, 0.1) is 35.1 Å². The maximum Gasteiger partial charge on any atom is 0.312 e. The Morgan fingerprint density at radius 2 is 2.00 bits per heavy atom. The smallest absolute Gasteiger partial charge is 0.312 e. The lowest BCUT2D eigenvalue weighted by molar-refractivity contribution is -0.386. The molecule has 2 amide bonds. The van der Waals surface area contributed by atoms with Crippen molar-refractivity contribution >= 4 is 38.9 Å². The molecular weight excluding hydrogens is 452 g/mol. The minimum atomic E-state index is -3.87. The summed E-state index contributed by atoms with van der Waals surface area (Å²) >= 11 is 0. The van der Waals surface area contributed by atoms with Crippen molar-refractivity contribution in [2.45, 2.75) is 39.8 Å². The molecule has 0 saturated heterocycles. The SMILES string of the molecule is Cc1nn(CCS(=O)(=O)N(C)CC(=O)N2c3ccccc3NC(=O)C[C@H]2C)c(C)c1[N+](=O)[O-]. The largest absolute Gasteiger partial charge is 0.324 e. The highest BCUT2D eigenvalue weighted by atomic mass is 32.2. The maximum absolute atomic E-state index is 13.1. The first-order chi connectivity index (χ1) is 15.4. The molecule has 178 valence electrons. The zero-order valence-electron chi connectivity index (χ0n) is 18.8. The molecule has 0 unspecified atom stereocenters. The van der Waals surface area contributed by atoms with E-state index in [1.165, 1.54) is 30.5 Å². The van der Waals surface area contributed by atoms with Crippen LogP contribution in [-0.4, -0.2) is 64.6 Å². The van der Waals surface area contributed by atoms with E-state index >= 15 is 0 Å². The number of nitrogens with zero attached hydrogens (tertiary/aromatic N) is 5. The number of nitro groups is 1. The molecule has 1 aliphatic rings. The van der Waals surface area contributed by atoms with E-state index in [2.05, 4.69) is 10.4 Å². The number of para-hydroxylation sites is 2. The predicted octanol–water partition coefficient (Wildman–Crippen LogP) is 1.43. The molecule has 3 rings (SSSR count). The van der Waals surface area contributed by atoms with Gasteiger partial charge in [-0.15, -0.1) is 0 Å². The number of benzene rings is 1. The number of hydrogen-bond acceptors (Lipinski definition) is 7. The van der Waals surface area contributed by atoms with Crippen LogP contribution in [0.25, 0.3) is 0 Å². The standard InChI is InChI=1S/C20H26N6O6S/c1-13-11-18(27)21-16-7-5-6-8-17(16)25(13)19(28)12-23(4)33(31,32)10-9-24-15(3)20(26(29)30)14(2)22-24/h5-8,13H,9-12H2,1-4H3,(H,21,27)/t13-/m1/s1. The number of aryl methyl sites for hydroxylation is 2. The van der Waals surface area contributed by atoms with Crippen LogP contribution in [-0.2, 0) is 26.2 Å². The normalized spacial score (nSPS) is 16.3. The maximum atomic E-state index is 13.1. The number of carbonyl (C=O) groups is 2. The van der Waals surface area contributed by atoms with E-state index in [0.29, 0.717) is 11.4 Å². The number of fused-ring (bicyclic) bond motifs is 1. The molecule has 2 aromatic rings. The van der Waals surface area contributed by atoms with Crippen LogP contribution in [0.1, 0.15) is 24.7 Å². The van der Waals surface area contributed by atoms with Crippen molar-refractivity contribution in [2.24, 2.45) is 0 Å². The Morgan fingerprint density at radius 3 is 2.64 bits per heavy atom. The fraction of sp³-hybridized carbons (Fsp3) is 0.450. The number of rotatable bonds is 7. The van der Waals surface area contributed by atoms with Crippen LogP contribution >= 0.6 is 0 Å². The molecule has 0 fully saturated rings. The Balaban J connectivity index is 1.74. The second-order valence-corrected chi connectivity index (χ2v) is 10.1. The molecule has 1 N–H and O–H groups in total. The molecular formula is C20H26N6O6S. The van der Waals surface area contributed by atoms with Gasteiger partial charge in [0.15, 0.2) is 0 Å². The van der Waals surface area contributed by atoms with Gasteiger partial charge in [-0.05, 0) is 32.9 Å². The highest BCUT2D eigenvalue weighted by Crippen LogP contribution is 2.31. The van der Waals surface area contributed by atoms with Crippen LogP contribution in [0.15, 0.2) is 24.3 Å². The van der Waals surface area contributed by atoms with Crippen LogP contribution in [0.4, 0.5) is 17.1 Å². The van der Waals surface area contributed by atoms with Gasteiger partial charge in [-0.3, -0.25) is 24.4 Å². The van der Waals surface area contributed by atoms with Crippen LogP contribution in [0.5, 0.6) is 0 Å². The minimum Gasteiger partial charge on any atom is -0.324 e. The topological polar surface area (TPSA) is 148 Å². The van der Waals surface area contributed by atoms with Crippen molar-refractivity contribution in [2.75, 3.05) is 29.6 Å². The summed E-state index contributed by atoms with van der Waals surface area (Å²) in [7, 11) is -2.57. The number of sulfonamides is 1. The fourth-order valence-electron chi connectivity index (χ4n) is 3.86. The first kappa shape index (κ1) is 24.3. The van der Waals surface area contributed by atoms with Gasteiger partial charge in [-0.2, -0.15) is 9.40 Å². The molecule has 12 nitrogen and oxygen atoms in total. The van der Waals surface area contributed by atoms with Gasteiger partial charge in [0.2, 0.25) is 21.8 Å². The summed E-state index contributed by atoms with van der Waals surface area (Å²) in [6, 6.07) is 6.38. The van der Waals surface area contributed by atoms with Gasteiger partial charge >= 0.3 is 5.69 Å². The van der Waals surface area contributed by atoms with Gasteiger partial charge in [0, 0.05) is 19.5 Å². The predicted molar refractivity (Wildman–Crippen MR) is 121 cm³/mol. The Bertz CT molecular complexity index is 1210. The highest BCUT2D eigenvalue weighted by Gasteiger charge is 2.32. The fourth-order valence-corrected chi connectivity index (χ4v) is 4.88. The molecule has 0 spiro atoms. The summed E-state index contributed by atoms with van der Waals surface area (Å²) in [5.74, 6) is -1.09. The quantitative estimate of drug-likeness (QED) is 0.467. The van der Waals surface area contributed by atoms with Crippen molar-refractivity contribution in [1.82, 2.24) is 14.1 Å². The van der Waals surface area contributed by atoms with Gasteiger partial charge in [-0.1, -0.05) is 12.1 Å². The first-order valence-corrected chi connectivity index (χ1v) is 11.9.